The van der Waals surface area contributed by atoms with Crippen molar-refractivity contribution in [3.63, 3.8) is 0 Å². The number of aliphatic carboxylic acids is 1. The minimum absolute atomic E-state index is 0. The third kappa shape index (κ3) is 2.34. The number of carbonyl (C=O) groups is 1. The molecule has 68 valence electrons. The van der Waals surface area contributed by atoms with Crippen LogP contribution in [0.3, 0.4) is 0 Å². The van der Waals surface area contributed by atoms with E-state index in [4.69, 9.17) is 5.11 Å². The van der Waals surface area contributed by atoms with E-state index < -0.39 is 12.0 Å². The second-order valence-electron chi connectivity index (χ2n) is 2.54. The fourth-order valence-electron chi connectivity index (χ4n) is 0.826. The molecule has 12 heavy (non-hydrogen) atoms. The predicted molar refractivity (Wildman–Crippen MR) is 38.0 cm³/mol. The second kappa shape index (κ2) is 4.25. The minimum atomic E-state index is -0.818. The van der Waals surface area contributed by atoms with Crippen molar-refractivity contribution in [2.24, 2.45) is 7.05 Å². The van der Waals surface area contributed by atoms with Crippen molar-refractivity contribution >= 4 is 5.97 Å². The summed E-state index contributed by atoms with van der Waals surface area (Å²) in [5.41, 5.74) is 0. The van der Waals surface area contributed by atoms with E-state index in [9.17, 15) is 4.79 Å². The van der Waals surface area contributed by atoms with Gasteiger partial charge in [0.25, 0.3) is 0 Å². The summed E-state index contributed by atoms with van der Waals surface area (Å²) < 4.78 is 3.45. The number of rotatable bonds is 2. The molecular weight excluding hydrogens is 224 g/mol. The number of carboxylic acid groups (broad SMARTS) is 1. The molecule has 0 amide bonds. The molecule has 5 heteroatoms. The lowest BCUT2D eigenvalue weighted by Crippen LogP contribution is -3.00. The van der Waals surface area contributed by atoms with Gasteiger partial charge in [-0.05, 0) is 6.92 Å². The van der Waals surface area contributed by atoms with Crippen LogP contribution in [-0.2, 0) is 11.8 Å². The van der Waals surface area contributed by atoms with Crippen molar-refractivity contribution in [3.8, 4) is 0 Å². The van der Waals surface area contributed by atoms with Crippen molar-refractivity contribution in [2.45, 2.75) is 13.0 Å². The molecule has 0 saturated carbocycles. The molecule has 4 nitrogen and oxygen atoms in total. The average molecular weight is 235 g/mol. The van der Waals surface area contributed by atoms with Gasteiger partial charge in [-0.2, -0.15) is 0 Å². The summed E-state index contributed by atoms with van der Waals surface area (Å²) in [7, 11) is 1.85. The van der Waals surface area contributed by atoms with Gasteiger partial charge in [-0.1, -0.05) is 0 Å². The van der Waals surface area contributed by atoms with Crippen LogP contribution in [0, 0.1) is 0 Å². The van der Waals surface area contributed by atoms with Crippen LogP contribution >= 0.6 is 0 Å². The van der Waals surface area contributed by atoms with Crippen molar-refractivity contribution in [1.29, 1.82) is 0 Å². The SMILES string of the molecule is CC(C(=O)O)[n+]1ccn(C)c1.[Br-]. The van der Waals surface area contributed by atoms with E-state index in [-0.39, 0.29) is 17.0 Å². The Hall–Kier alpha value is -0.840. The standard InChI is InChI=1S/C7H10N2O2.BrH/c1-6(7(10)11)9-4-3-8(2)5-9;/h3-6H,1-2H3;1H. The minimum Gasteiger partial charge on any atom is -1.00 e. The molecule has 0 bridgehead atoms. The van der Waals surface area contributed by atoms with Gasteiger partial charge in [0.05, 0.1) is 7.05 Å². The zero-order valence-electron chi connectivity index (χ0n) is 6.94. The topological polar surface area (TPSA) is 46.1 Å². The first kappa shape index (κ1) is 11.2. The first-order chi connectivity index (χ1) is 5.11. The van der Waals surface area contributed by atoms with Crippen LogP contribution in [0.5, 0.6) is 0 Å². The van der Waals surface area contributed by atoms with E-state index in [2.05, 4.69) is 0 Å². The molecule has 1 N–H and O–H groups in total. The molecule has 0 saturated heterocycles. The molecule has 0 aliphatic rings. The molecule has 0 aliphatic carbocycles. The van der Waals surface area contributed by atoms with E-state index in [1.807, 2.05) is 7.05 Å². The van der Waals surface area contributed by atoms with Gasteiger partial charge >= 0.3 is 5.97 Å². The Morgan fingerprint density at radius 2 is 2.25 bits per heavy atom. The summed E-state index contributed by atoms with van der Waals surface area (Å²) in [6.45, 7) is 1.64. The molecule has 1 atom stereocenters. The Morgan fingerprint density at radius 3 is 2.58 bits per heavy atom. The van der Waals surface area contributed by atoms with Crippen molar-refractivity contribution < 1.29 is 31.4 Å². The zero-order valence-corrected chi connectivity index (χ0v) is 8.52. The van der Waals surface area contributed by atoms with E-state index >= 15 is 0 Å². The lowest BCUT2D eigenvalue weighted by molar-refractivity contribution is -0.706. The van der Waals surface area contributed by atoms with Crippen LogP contribution < -0.4 is 21.5 Å². The molecule has 1 rings (SSSR count). The summed E-state index contributed by atoms with van der Waals surface area (Å²) in [6, 6.07) is -0.490. The normalized spacial score (nSPS) is 11.8. The molecule has 1 aromatic rings. The van der Waals surface area contributed by atoms with Crippen LogP contribution in [0.15, 0.2) is 18.7 Å². The zero-order chi connectivity index (χ0) is 8.43. The first-order valence-electron chi connectivity index (χ1n) is 3.37. The highest BCUT2D eigenvalue weighted by molar-refractivity contribution is 5.69. The van der Waals surface area contributed by atoms with Gasteiger partial charge in [0.2, 0.25) is 6.33 Å². The number of nitrogens with zero attached hydrogens (tertiary/aromatic N) is 2. The van der Waals surface area contributed by atoms with Crippen molar-refractivity contribution in [3.05, 3.63) is 18.7 Å². The number of carboxylic acids is 1. The first-order valence-corrected chi connectivity index (χ1v) is 3.37. The van der Waals surface area contributed by atoms with Crippen LogP contribution in [0.1, 0.15) is 13.0 Å². The van der Waals surface area contributed by atoms with Gasteiger partial charge in [-0.3, -0.25) is 0 Å². The smallest absolute Gasteiger partial charge is 0.349 e. The van der Waals surface area contributed by atoms with Gasteiger partial charge in [-0.25, -0.2) is 13.9 Å². The highest BCUT2D eigenvalue weighted by atomic mass is 79.9. The van der Waals surface area contributed by atoms with Gasteiger partial charge in [-0.15, -0.1) is 0 Å². The van der Waals surface area contributed by atoms with E-state index in [1.54, 1.807) is 34.8 Å². The highest BCUT2D eigenvalue weighted by Crippen LogP contribution is 1.92. The summed E-state index contributed by atoms with van der Waals surface area (Å²) in [5.74, 6) is -0.818. The molecule has 1 aromatic heterocycles. The third-order valence-electron chi connectivity index (χ3n) is 1.59. The van der Waals surface area contributed by atoms with Crippen molar-refractivity contribution in [1.82, 2.24) is 4.57 Å². The summed E-state index contributed by atoms with van der Waals surface area (Å²) in [6.07, 6.45) is 5.27. The molecule has 0 fully saturated rings. The Labute approximate surface area is 81.2 Å². The predicted octanol–water partition coefficient (Wildman–Crippen LogP) is -3.04. The van der Waals surface area contributed by atoms with Crippen LogP contribution in [0.2, 0.25) is 0 Å². The lowest BCUT2D eigenvalue weighted by atomic mass is 10.3. The number of hydrogen-bond donors (Lipinski definition) is 1. The molecule has 1 unspecified atom stereocenters. The van der Waals surface area contributed by atoms with Crippen LogP contribution in [0.25, 0.3) is 0 Å². The van der Waals surface area contributed by atoms with Crippen LogP contribution in [0.4, 0.5) is 0 Å². The fourth-order valence-corrected chi connectivity index (χ4v) is 0.826. The van der Waals surface area contributed by atoms with Gasteiger partial charge in [0.1, 0.15) is 12.4 Å². The quantitative estimate of drug-likeness (QED) is 0.554. The molecule has 0 radical (unpaired) electrons. The van der Waals surface area contributed by atoms with Crippen LogP contribution in [-0.4, -0.2) is 15.6 Å². The Kier molecular flexibility index (Phi) is 3.95. The maximum atomic E-state index is 10.5. The van der Waals surface area contributed by atoms with E-state index in [0.717, 1.165) is 0 Å². The maximum absolute atomic E-state index is 10.5. The van der Waals surface area contributed by atoms with Gasteiger partial charge in [0.15, 0.2) is 6.04 Å². The Balaban J connectivity index is 0.00000121. The molecule has 0 aromatic carbocycles. The Morgan fingerprint density at radius 1 is 1.67 bits per heavy atom. The van der Waals surface area contributed by atoms with Gasteiger partial charge < -0.3 is 22.1 Å². The summed E-state index contributed by atoms with van der Waals surface area (Å²) >= 11 is 0. The highest BCUT2D eigenvalue weighted by Gasteiger charge is 2.17. The number of imidazole rings is 1. The fraction of sp³-hybridized carbons (Fsp3) is 0.429. The Bertz CT molecular complexity index is 272. The third-order valence-corrected chi connectivity index (χ3v) is 1.59. The van der Waals surface area contributed by atoms with Crippen molar-refractivity contribution in [2.75, 3.05) is 0 Å². The number of aromatic nitrogens is 2. The molecule has 0 spiro atoms. The monoisotopic (exact) mass is 234 g/mol. The number of hydrogen-bond acceptors (Lipinski definition) is 1. The number of aryl methyl sites for hydroxylation is 1. The molecular formula is C7H11BrN2O2. The number of halogens is 1. The van der Waals surface area contributed by atoms with E-state index in [1.165, 1.54) is 0 Å². The lowest BCUT2D eigenvalue weighted by Gasteiger charge is -1.98. The molecule has 1 heterocycles. The second-order valence-corrected chi connectivity index (χ2v) is 2.54. The van der Waals surface area contributed by atoms with E-state index in [0.29, 0.717) is 0 Å². The average Bonchev–Trinajstić information content (AvgIpc) is 2.34. The largest absolute Gasteiger partial charge is 1.00 e. The summed E-state index contributed by atoms with van der Waals surface area (Å²) in [4.78, 5) is 10.5. The molecule has 0 aliphatic heterocycles. The van der Waals surface area contributed by atoms with Gasteiger partial charge in [0, 0.05) is 0 Å². The maximum Gasteiger partial charge on any atom is 0.349 e. The summed E-state index contributed by atoms with van der Waals surface area (Å²) in [5, 5.41) is 8.61.